The molecule has 32 heavy (non-hydrogen) atoms. The molecule has 1 aromatic heterocycles. The van der Waals surface area contributed by atoms with Gasteiger partial charge in [0.15, 0.2) is 0 Å². The van der Waals surface area contributed by atoms with Crippen LogP contribution in [0.4, 0.5) is 0 Å². The van der Waals surface area contributed by atoms with Crippen molar-refractivity contribution >= 4 is 38.4 Å². The minimum Gasteiger partial charge on any atom is -0.493 e. The number of allylic oxidation sites excluding steroid dienone is 1. The third-order valence-corrected chi connectivity index (χ3v) is 6.87. The number of likely N-dealkylation sites (tertiary alicyclic amines) is 1. The summed E-state index contributed by atoms with van der Waals surface area (Å²) in [6, 6.07) is 10.6. The predicted molar refractivity (Wildman–Crippen MR) is 134 cm³/mol. The molecule has 0 bridgehead atoms. The Morgan fingerprint density at radius 2 is 2.03 bits per heavy atom. The van der Waals surface area contributed by atoms with E-state index in [0.29, 0.717) is 6.61 Å². The second-order valence-electron chi connectivity index (χ2n) is 8.55. The first-order valence-electron chi connectivity index (χ1n) is 11.3. The Morgan fingerprint density at radius 1 is 1.28 bits per heavy atom. The van der Waals surface area contributed by atoms with E-state index < -0.39 is 0 Å². The molecule has 1 unspecified atom stereocenters. The summed E-state index contributed by atoms with van der Waals surface area (Å²) >= 11 is 3.50. The van der Waals surface area contributed by atoms with Crippen LogP contribution in [0.2, 0.25) is 0 Å². The Kier molecular flexibility index (Phi) is 6.75. The van der Waals surface area contributed by atoms with Crippen molar-refractivity contribution in [2.75, 3.05) is 13.2 Å². The van der Waals surface area contributed by atoms with Crippen molar-refractivity contribution in [3.05, 3.63) is 58.3 Å². The summed E-state index contributed by atoms with van der Waals surface area (Å²) < 4.78 is 13.1. The van der Waals surface area contributed by atoms with Crippen molar-refractivity contribution < 1.29 is 13.9 Å². The Labute approximate surface area is 198 Å². The number of ether oxygens (including phenoxy) is 1. The molecule has 1 fully saturated rings. The SMILES string of the molecule is CCOc1c(/C(C)=C/C(=O)N2CCCCC2C)cc2c(-c3ccc(Br)cc3)coc2c1C. The Morgan fingerprint density at radius 3 is 2.72 bits per heavy atom. The highest BCUT2D eigenvalue weighted by Gasteiger charge is 2.23. The molecule has 4 nitrogen and oxygen atoms in total. The van der Waals surface area contributed by atoms with Crippen LogP contribution >= 0.6 is 15.9 Å². The van der Waals surface area contributed by atoms with Crippen LogP contribution in [0.3, 0.4) is 0 Å². The summed E-state index contributed by atoms with van der Waals surface area (Å²) in [5, 5.41) is 1.02. The highest BCUT2D eigenvalue weighted by atomic mass is 79.9. The lowest BCUT2D eigenvalue weighted by Gasteiger charge is -2.32. The molecule has 2 aromatic carbocycles. The molecule has 3 aromatic rings. The first-order chi connectivity index (χ1) is 15.4. The lowest BCUT2D eigenvalue weighted by atomic mass is 9.96. The third kappa shape index (κ3) is 4.36. The minimum atomic E-state index is 0.0789. The number of carbonyl (C=O) groups is 1. The van der Waals surface area contributed by atoms with Crippen LogP contribution in [0.25, 0.3) is 27.7 Å². The van der Waals surface area contributed by atoms with Crippen molar-refractivity contribution in [2.45, 2.75) is 53.0 Å². The molecule has 4 rings (SSSR count). The molecule has 1 saturated heterocycles. The van der Waals surface area contributed by atoms with E-state index >= 15 is 0 Å². The molecule has 0 spiro atoms. The molecule has 0 radical (unpaired) electrons. The van der Waals surface area contributed by atoms with E-state index in [-0.39, 0.29) is 11.9 Å². The van der Waals surface area contributed by atoms with Gasteiger partial charge in [-0.2, -0.15) is 0 Å². The maximum atomic E-state index is 13.1. The number of nitrogens with zero attached hydrogens (tertiary/aromatic N) is 1. The molecule has 0 aliphatic carbocycles. The summed E-state index contributed by atoms with van der Waals surface area (Å²) in [5.74, 6) is 0.861. The van der Waals surface area contributed by atoms with Crippen molar-refractivity contribution in [2.24, 2.45) is 0 Å². The molecule has 1 aliphatic rings. The number of amides is 1. The van der Waals surface area contributed by atoms with Crippen LogP contribution in [0, 0.1) is 6.92 Å². The zero-order valence-corrected chi connectivity index (χ0v) is 20.8. The van der Waals surface area contributed by atoms with E-state index in [0.717, 1.165) is 68.4 Å². The van der Waals surface area contributed by atoms with Crippen LogP contribution < -0.4 is 4.74 Å². The number of fused-ring (bicyclic) bond motifs is 1. The standard InChI is InChI=1S/C27H30BrNO3/c1-5-31-26-19(4)27-23(24(16-32-27)20-9-11-21(28)12-10-20)15-22(26)17(2)14-25(30)29-13-7-6-8-18(29)3/h9-12,14-16,18H,5-8,13H2,1-4H3/b17-14+. The van der Waals surface area contributed by atoms with E-state index in [1.807, 2.05) is 37.8 Å². The van der Waals surface area contributed by atoms with Gasteiger partial charge in [-0.3, -0.25) is 4.79 Å². The van der Waals surface area contributed by atoms with Crippen LogP contribution in [-0.2, 0) is 4.79 Å². The summed E-state index contributed by atoms with van der Waals surface area (Å²) in [4.78, 5) is 15.1. The molecule has 1 aliphatic heterocycles. The molecular weight excluding hydrogens is 466 g/mol. The van der Waals surface area contributed by atoms with E-state index in [1.54, 1.807) is 12.3 Å². The van der Waals surface area contributed by atoms with Gasteiger partial charge in [-0.25, -0.2) is 0 Å². The van der Waals surface area contributed by atoms with Crippen LogP contribution in [0.15, 0.2) is 51.6 Å². The van der Waals surface area contributed by atoms with E-state index in [4.69, 9.17) is 9.15 Å². The van der Waals surface area contributed by atoms with Gasteiger partial charge in [-0.15, -0.1) is 0 Å². The number of furan rings is 1. The van der Waals surface area contributed by atoms with Gasteiger partial charge in [0.05, 0.1) is 12.9 Å². The molecule has 5 heteroatoms. The second-order valence-corrected chi connectivity index (χ2v) is 9.46. The quantitative estimate of drug-likeness (QED) is 0.346. The fourth-order valence-electron chi connectivity index (χ4n) is 4.56. The van der Waals surface area contributed by atoms with Gasteiger partial charge in [-0.1, -0.05) is 28.1 Å². The van der Waals surface area contributed by atoms with Gasteiger partial charge in [0.1, 0.15) is 11.3 Å². The number of aryl methyl sites for hydroxylation is 1. The molecule has 2 heterocycles. The average Bonchev–Trinajstić information content (AvgIpc) is 3.20. The Hall–Kier alpha value is -2.53. The van der Waals surface area contributed by atoms with E-state index in [2.05, 4.69) is 41.1 Å². The smallest absolute Gasteiger partial charge is 0.247 e. The van der Waals surface area contributed by atoms with Gasteiger partial charge in [0.25, 0.3) is 0 Å². The van der Waals surface area contributed by atoms with Gasteiger partial charge in [0, 0.05) is 45.2 Å². The van der Waals surface area contributed by atoms with Crippen molar-refractivity contribution in [3.8, 4) is 16.9 Å². The molecule has 0 saturated carbocycles. The summed E-state index contributed by atoms with van der Waals surface area (Å²) in [6.07, 6.45) is 6.91. The number of halogens is 1. The van der Waals surface area contributed by atoms with Gasteiger partial charge in [0.2, 0.25) is 5.91 Å². The minimum absolute atomic E-state index is 0.0789. The monoisotopic (exact) mass is 495 g/mol. The number of rotatable bonds is 5. The van der Waals surface area contributed by atoms with Crippen LogP contribution in [0.5, 0.6) is 5.75 Å². The summed E-state index contributed by atoms with van der Waals surface area (Å²) in [7, 11) is 0. The number of carbonyl (C=O) groups excluding carboxylic acids is 1. The number of hydrogen-bond donors (Lipinski definition) is 0. The second kappa shape index (κ2) is 9.53. The lowest BCUT2D eigenvalue weighted by molar-refractivity contribution is -0.129. The normalized spacial score (nSPS) is 17.1. The molecule has 1 amide bonds. The van der Waals surface area contributed by atoms with Crippen molar-refractivity contribution in [3.63, 3.8) is 0 Å². The Balaban J connectivity index is 1.81. The lowest BCUT2D eigenvalue weighted by Crippen LogP contribution is -2.41. The fourth-order valence-corrected chi connectivity index (χ4v) is 4.83. The summed E-state index contributed by atoms with van der Waals surface area (Å²) in [5.41, 5.74) is 5.73. The Bertz CT molecular complexity index is 1160. The maximum absolute atomic E-state index is 13.1. The number of piperidine rings is 1. The zero-order valence-electron chi connectivity index (χ0n) is 19.2. The van der Waals surface area contributed by atoms with Crippen molar-refractivity contribution in [1.82, 2.24) is 4.90 Å². The molecule has 0 N–H and O–H groups in total. The van der Waals surface area contributed by atoms with Gasteiger partial charge in [-0.05, 0) is 76.3 Å². The third-order valence-electron chi connectivity index (χ3n) is 6.34. The maximum Gasteiger partial charge on any atom is 0.247 e. The fraction of sp³-hybridized carbons (Fsp3) is 0.370. The van der Waals surface area contributed by atoms with Gasteiger partial charge >= 0.3 is 0 Å². The predicted octanol–water partition coefficient (Wildman–Crippen LogP) is 7.37. The number of hydrogen-bond acceptors (Lipinski definition) is 3. The highest BCUT2D eigenvalue weighted by molar-refractivity contribution is 9.10. The van der Waals surface area contributed by atoms with Crippen LogP contribution in [0.1, 0.15) is 51.2 Å². The van der Waals surface area contributed by atoms with E-state index in [9.17, 15) is 4.79 Å². The molecular formula is C27H30BrNO3. The summed E-state index contributed by atoms with van der Waals surface area (Å²) in [6.45, 7) is 9.50. The zero-order chi connectivity index (χ0) is 22.8. The number of benzene rings is 2. The topological polar surface area (TPSA) is 42.7 Å². The largest absolute Gasteiger partial charge is 0.493 e. The average molecular weight is 496 g/mol. The van der Waals surface area contributed by atoms with Crippen LogP contribution in [-0.4, -0.2) is 30.0 Å². The van der Waals surface area contributed by atoms with Crippen molar-refractivity contribution in [1.29, 1.82) is 0 Å². The first kappa shape index (κ1) is 22.7. The van der Waals surface area contributed by atoms with Gasteiger partial charge < -0.3 is 14.1 Å². The molecule has 1 atom stereocenters. The van der Waals surface area contributed by atoms with E-state index in [1.165, 1.54) is 6.42 Å². The molecule has 168 valence electrons. The first-order valence-corrected chi connectivity index (χ1v) is 12.1. The highest BCUT2D eigenvalue weighted by Crippen LogP contribution is 2.41.